The molecule has 0 radical (unpaired) electrons. The van der Waals surface area contributed by atoms with Gasteiger partial charge in [-0.2, -0.15) is 0 Å². The average molecular weight is 818 g/mol. The summed E-state index contributed by atoms with van der Waals surface area (Å²) in [5, 5.41) is 3.00. The molecule has 2 N–H and O–H groups in total. The molecule has 2 saturated heterocycles. The van der Waals surface area contributed by atoms with Crippen molar-refractivity contribution in [2.75, 3.05) is 32.8 Å². The molecule has 3 saturated carbocycles. The fraction of sp³-hybridized carbons (Fsp3) is 0.605. The van der Waals surface area contributed by atoms with Crippen molar-refractivity contribution in [2.24, 2.45) is 17.8 Å². The maximum Gasteiger partial charge on any atom is 0.259 e. The lowest BCUT2D eigenvalue weighted by atomic mass is 9.77. The van der Waals surface area contributed by atoms with Crippen LogP contribution in [0.2, 0.25) is 0 Å². The van der Waals surface area contributed by atoms with Crippen molar-refractivity contribution in [1.29, 1.82) is 0 Å². The molecule has 6 bridgehead atoms. The van der Waals surface area contributed by atoms with E-state index >= 15 is 4.79 Å². The molecule has 4 heterocycles. The average Bonchev–Trinajstić information content (AvgIpc) is 4.09. The van der Waals surface area contributed by atoms with Crippen LogP contribution in [0.1, 0.15) is 88.7 Å². The molecule has 15 heteroatoms. The lowest BCUT2D eigenvalue weighted by Gasteiger charge is -2.35. The highest BCUT2D eigenvalue weighted by Crippen LogP contribution is 2.46. The Morgan fingerprint density at radius 3 is 2.59 bits per heavy atom. The molecular formula is C43H55N5O9S. The highest BCUT2D eigenvalue weighted by molar-refractivity contribution is 7.91. The van der Waals surface area contributed by atoms with Crippen molar-refractivity contribution in [3.05, 3.63) is 48.1 Å². The number of hydrogen-bond acceptors (Lipinski definition) is 10. The topological polar surface area (TPSA) is 174 Å². The van der Waals surface area contributed by atoms with Crippen LogP contribution >= 0.6 is 0 Å². The Labute approximate surface area is 340 Å². The molecule has 2 aromatic rings. The van der Waals surface area contributed by atoms with Gasteiger partial charge in [0.1, 0.15) is 23.4 Å². The van der Waals surface area contributed by atoms with Gasteiger partial charge in [0.25, 0.3) is 5.91 Å². The Morgan fingerprint density at radius 1 is 1.07 bits per heavy atom. The van der Waals surface area contributed by atoms with Gasteiger partial charge in [0.2, 0.25) is 33.6 Å². The highest BCUT2D eigenvalue weighted by Gasteiger charge is 2.62. The number of pyridine rings is 1. The Kier molecular flexibility index (Phi) is 11.3. The first-order valence-electron chi connectivity index (χ1n) is 21.0. The predicted molar refractivity (Wildman–Crippen MR) is 216 cm³/mol. The van der Waals surface area contributed by atoms with E-state index in [2.05, 4.69) is 16.6 Å². The molecule has 0 spiro atoms. The van der Waals surface area contributed by atoms with Crippen LogP contribution in [0.15, 0.2) is 36.9 Å². The van der Waals surface area contributed by atoms with Gasteiger partial charge in [0, 0.05) is 49.2 Å². The maximum atomic E-state index is 15.1. The van der Waals surface area contributed by atoms with Crippen LogP contribution in [-0.4, -0.2) is 109 Å². The first-order chi connectivity index (χ1) is 27.9. The number of carbonyl (C=O) groups is 4. The number of amides is 4. The van der Waals surface area contributed by atoms with E-state index in [4.69, 9.17) is 19.2 Å². The molecule has 58 heavy (non-hydrogen) atoms. The number of benzene rings is 1. The number of hydrogen-bond donors (Lipinski definition) is 2. The molecule has 5 fully saturated rings. The van der Waals surface area contributed by atoms with Crippen molar-refractivity contribution >= 4 is 50.6 Å². The Balaban J connectivity index is 1.16. The van der Waals surface area contributed by atoms with Crippen molar-refractivity contribution in [3.63, 3.8) is 0 Å². The lowest BCUT2D eigenvalue weighted by Crippen LogP contribution is -2.57. The van der Waals surface area contributed by atoms with Crippen molar-refractivity contribution in [1.82, 2.24) is 24.8 Å². The molecule has 14 nitrogen and oxygen atoms in total. The predicted octanol–water partition coefficient (Wildman–Crippen LogP) is 4.19. The fourth-order valence-electron chi connectivity index (χ4n) is 9.39. The zero-order valence-corrected chi connectivity index (χ0v) is 34.3. The van der Waals surface area contributed by atoms with Gasteiger partial charge in [-0.25, -0.2) is 13.4 Å². The molecule has 8 rings (SSSR count). The molecule has 1 aromatic carbocycles. The van der Waals surface area contributed by atoms with E-state index in [0.29, 0.717) is 62.7 Å². The third-order valence-corrected chi connectivity index (χ3v) is 14.8. The number of nitrogens with zero attached hydrogens (tertiary/aromatic N) is 3. The molecular weight excluding hydrogens is 763 g/mol. The largest absolute Gasteiger partial charge is 0.488 e. The van der Waals surface area contributed by atoms with E-state index in [1.165, 1.54) is 0 Å². The molecule has 6 atom stereocenters. The number of carbonyl (C=O) groups excluding carboxylic acids is 4. The minimum Gasteiger partial charge on any atom is -0.488 e. The molecule has 3 aliphatic heterocycles. The first-order valence-corrected chi connectivity index (χ1v) is 22.6. The van der Waals surface area contributed by atoms with Gasteiger partial charge in [-0.1, -0.05) is 37.5 Å². The second-order valence-electron chi connectivity index (χ2n) is 17.0. The van der Waals surface area contributed by atoms with E-state index in [9.17, 15) is 22.8 Å². The van der Waals surface area contributed by atoms with Gasteiger partial charge in [-0.3, -0.25) is 23.9 Å². The van der Waals surface area contributed by atoms with E-state index in [0.717, 1.165) is 48.6 Å². The van der Waals surface area contributed by atoms with Crippen molar-refractivity contribution in [2.45, 2.75) is 114 Å². The summed E-state index contributed by atoms with van der Waals surface area (Å²) in [6, 6.07) is 4.64. The van der Waals surface area contributed by atoms with Crippen LogP contribution in [0.5, 0.6) is 11.6 Å². The van der Waals surface area contributed by atoms with Gasteiger partial charge in [0.15, 0.2) is 0 Å². The third-order valence-electron chi connectivity index (χ3n) is 13.0. The minimum atomic E-state index is -3.89. The van der Waals surface area contributed by atoms with Gasteiger partial charge in [-0.15, -0.1) is 6.58 Å². The molecule has 4 amide bonds. The van der Waals surface area contributed by atoms with Crippen LogP contribution in [0.25, 0.3) is 17.0 Å². The van der Waals surface area contributed by atoms with E-state index in [1.54, 1.807) is 21.9 Å². The van der Waals surface area contributed by atoms with E-state index < -0.39 is 56.6 Å². The van der Waals surface area contributed by atoms with Crippen molar-refractivity contribution < 1.29 is 41.8 Å². The van der Waals surface area contributed by atoms with Crippen molar-refractivity contribution in [3.8, 4) is 11.6 Å². The smallest absolute Gasteiger partial charge is 0.259 e. The van der Waals surface area contributed by atoms with Crippen LogP contribution < -0.4 is 19.5 Å². The highest BCUT2D eigenvalue weighted by atomic mass is 32.2. The number of aromatic nitrogens is 1. The lowest BCUT2D eigenvalue weighted by molar-refractivity contribution is -0.147. The van der Waals surface area contributed by atoms with E-state index in [-0.39, 0.29) is 49.6 Å². The number of fused-ring (bicyclic) bond motifs is 5. The summed E-state index contributed by atoms with van der Waals surface area (Å²) in [4.78, 5) is 65.5. The second kappa shape index (κ2) is 16.3. The standard InChI is InChI=1S/C43H55N5O9S/c1-4-29-23-43(29,42(52)46-58(53,54)32-13-14-32)45-40(50)36-20-31-25-48(36)41(51)33(27-10-7-6-8-11-27)21-39(49)47-16-15-30(24-47)56-17-9-12-28-19-34-35(18-26(28)3)44-38(55-5-2)22-37(34)57-31/h4,9,12,18-19,22,27,29-33,36H,1,5-8,10-11,13-17,20-21,23-25H2,2-3H3,(H,45,50)(H,46,52)/b12-9+/t29-,30-,31+,33-,36-,43+/m0/s1. The number of sulfonamides is 1. The molecule has 1 aromatic heterocycles. The summed E-state index contributed by atoms with van der Waals surface area (Å²) in [6.07, 6.45) is 11.2. The number of rotatable bonds is 9. The molecule has 0 unspecified atom stereocenters. The monoisotopic (exact) mass is 817 g/mol. The quantitative estimate of drug-likeness (QED) is 0.350. The SMILES string of the molecule is C=C[C@H]1C[C@]1(NC(=O)[C@@H]1C[C@@H]2CN1C(=O)[C@H](C1CCCCC1)CC(=O)N1CC[C@@H](C1)OC/C=C/c1cc3c(cc(OCC)nc3cc1C)O2)C(=O)NS(=O)(=O)C1CC1. The van der Waals surface area contributed by atoms with E-state index in [1.807, 2.05) is 38.1 Å². The summed E-state index contributed by atoms with van der Waals surface area (Å²) in [5.74, 6) is -2.14. The summed E-state index contributed by atoms with van der Waals surface area (Å²) in [7, 11) is -3.89. The summed E-state index contributed by atoms with van der Waals surface area (Å²) in [5.41, 5.74) is 1.07. The fourth-order valence-corrected chi connectivity index (χ4v) is 10.8. The second-order valence-corrected chi connectivity index (χ2v) is 18.9. The Hall–Kier alpha value is -4.50. The first kappa shape index (κ1) is 40.3. The van der Waals surface area contributed by atoms with Gasteiger partial charge < -0.3 is 29.3 Å². The summed E-state index contributed by atoms with van der Waals surface area (Å²) < 4.78 is 46.7. The molecule has 3 aliphatic carbocycles. The zero-order chi connectivity index (χ0) is 40.8. The minimum absolute atomic E-state index is 0.0181. The summed E-state index contributed by atoms with van der Waals surface area (Å²) in [6.45, 7) is 9.51. The number of aryl methyl sites for hydroxylation is 1. The molecule has 6 aliphatic rings. The Bertz CT molecular complexity index is 2120. The van der Waals surface area contributed by atoms with Gasteiger partial charge in [-0.05, 0) is 81.5 Å². The normalized spacial score (nSPS) is 29.9. The maximum absolute atomic E-state index is 15.1. The van der Waals surface area contributed by atoms with Gasteiger partial charge >= 0.3 is 0 Å². The van der Waals surface area contributed by atoms with Crippen LogP contribution in [0, 0.1) is 24.7 Å². The number of nitrogens with one attached hydrogen (secondary N) is 2. The summed E-state index contributed by atoms with van der Waals surface area (Å²) >= 11 is 0. The number of ether oxygens (including phenoxy) is 3. The van der Waals surface area contributed by atoms with Crippen LogP contribution in [0.3, 0.4) is 0 Å². The Morgan fingerprint density at radius 2 is 1.86 bits per heavy atom. The van der Waals surface area contributed by atoms with Crippen LogP contribution in [0.4, 0.5) is 0 Å². The molecule has 312 valence electrons. The zero-order valence-electron chi connectivity index (χ0n) is 33.5. The third kappa shape index (κ3) is 8.21. The van der Waals surface area contributed by atoms with Crippen LogP contribution in [-0.2, 0) is 33.9 Å². The van der Waals surface area contributed by atoms with Gasteiger partial charge in [0.05, 0.1) is 36.6 Å².